The molecule has 4 heteroatoms. The Kier molecular flexibility index (Phi) is 2.54. The van der Waals surface area contributed by atoms with Crippen LogP contribution < -0.4 is 5.43 Å². The second-order valence-electron chi connectivity index (χ2n) is 4.31. The largest absolute Gasteiger partial charge is 0.298 e. The molecule has 0 aromatic heterocycles. The van der Waals surface area contributed by atoms with Crippen molar-refractivity contribution < 1.29 is 9.59 Å². The van der Waals surface area contributed by atoms with Crippen LogP contribution in [0, 0.1) is 5.92 Å². The van der Waals surface area contributed by atoms with Gasteiger partial charge in [-0.2, -0.15) is 0 Å². The third-order valence-corrected chi connectivity index (χ3v) is 3.12. The van der Waals surface area contributed by atoms with E-state index in [9.17, 15) is 9.59 Å². The van der Waals surface area contributed by atoms with Gasteiger partial charge in [-0.05, 0) is 25.7 Å². The van der Waals surface area contributed by atoms with Gasteiger partial charge in [0, 0.05) is 12.5 Å². The molecule has 0 aromatic carbocycles. The van der Waals surface area contributed by atoms with Crippen molar-refractivity contribution in [2.24, 2.45) is 5.92 Å². The maximum Gasteiger partial charge on any atom is 0.238 e. The molecule has 78 valence electrons. The molecule has 1 aliphatic heterocycles. The van der Waals surface area contributed by atoms with Crippen molar-refractivity contribution in [3.63, 3.8) is 0 Å². The molecule has 2 aliphatic rings. The molecule has 0 spiro atoms. The minimum Gasteiger partial charge on any atom is -0.298 e. The highest BCUT2D eigenvalue weighted by molar-refractivity contribution is 5.85. The highest BCUT2D eigenvalue weighted by Crippen LogP contribution is 2.33. The van der Waals surface area contributed by atoms with Crippen LogP contribution in [-0.2, 0) is 9.59 Å². The van der Waals surface area contributed by atoms with Gasteiger partial charge in [-0.25, -0.2) is 5.43 Å². The molecular weight excluding hydrogens is 180 g/mol. The maximum atomic E-state index is 11.5. The molecule has 1 aliphatic carbocycles. The molecule has 14 heavy (non-hydrogen) atoms. The minimum absolute atomic E-state index is 0.0279. The van der Waals surface area contributed by atoms with Crippen LogP contribution in [0.15, 0.2) is 0 Å². The van der Waals surface area contributed by atoms with Gasteiger partial charge in [0.05, 0.1) is 6.54 Å². The lowest BCUT2D eigenvalue weighted by Gasteiger charge is -2.31. The van der Waals surface area contributed by atoms with Crippen LogP contribution in [0.25, 0.3) is 0 Å². The molecule has 0 aromatic rings. The van der Waals surface area contributed by atoms with Gasteiger partial charge in [0.2, 0.25) is 5.91 Å². The summed E-state index contributed by atoms with van der Waals surface area (Å²) in [5, 5.41) is 1.48. The van der Waals surface area contributed by atoms with Gasteiger partial charge >= 0.3 is 0 Å². The van der Waals surface area contributed by atoms with E-state index in [1.165, 1.54) is 31.2 Å². The first-order valence-corrected chi connectivity index (χ1v) is 5.23. The average molecular weight is 196 g/mol. The monoisotopic (exact) mass is 196 g/mol. The van der Waals surface area contributed by atoms with Crippen LogP contribution in [0.1, 0.15) is 32.6 Å². The zero-order chi connectivity index (χ0) is 10.1. The smallest absolute Gasteiger partial charge is 0.238 e. The molecule has 1 N–H and O–H groups in total. The fourth-order valence-electron chi connectivity index (χ4n) is 2.09. The van der Waals surface area contributed by atoms with Crippen LogP contribution in [0.3, 0.4) is 0 Å². The number of carbonyl (C=O) groups is 2. The highest BCUT2D eigenvalue weighted by Gasteiger charge is 2.36. The number of hydrogen-bond acceptors (Lipinski definition) is 3. The van der Waals surface area contributed by atoms with Crippen LogP contribution in [-0.4, -0.2) is 29.3 Å². The SMILES string of the molecule is CC(=O)CN1NC(C2CCC2)CC1=O. The van der Waals surface area contributed by atoms with E-state index < -0.39 is 0 Å². The number of hydrazine groups is 1. The van der Waals surface area contributed by atoms with Crippen molar-refractivity contribution >= 4 is 11.7 Å². The Morgan fingerprint density at radius 3 is 2.79 bits per heavy atom. The zero-order valence-corrected chi connectivity index (χ0v) is 8.45. The Hall–Kier alpha value is -0.900. The third-order valence-electron chi connectivity index (χ3n) is 3.12. The van der Waals surface area contributed by atoms with Crippen molar-refractivity contribution in [2.75, 3.05) is 6.54 Å². The van der Waals surface area contributed by atoms with Crippen LogP contribution in [0.4, 0.5) is 0 Å². The predicted octanol–water partition coefficient (Wildman–Crippen LogP) is 0.481. The molecule has 1 unspecified atom stereocenters. The first-order chi connectivity index (χ1) is 6.66. The third kappa shape index (κ3) is 1.80. The van der Waals surface area contributed by atoms with Gasteiger partial charge < -0.3 is 0 Å². The summed E-state index contributed by atoms with van der Waals surface area (Å²) in [6, 6.07) is 0.288. The van der Waals surface area contributed by atoms with E-state index >= 15 is 0 Å². The van der Waals surface area contributed by atoms with Crippen molar-refractivity contribution in [2.45, 2.75) is 38.6 Å². The second-order valence-corrected chi connectivity index (χ2v) is 4.31. The molecule has 0 radical (unpaired) electrons. The summed E-state index contributed by atoms with van der Waals surface area (Å²) in [6.45, 7) is 1.72. The standard InChI is InChI=1S/C10H16N2O2/c1-7(13)6-12-10(14)5-9(11-12)8-3-2-4-8/h8-9,11H,2-6H2,1H3. The van der Waals surface area contributed by atoms with Crippen LogP contribution in [0.2, 0.25) is 0 Å². The summed E-state index contributed by atoms with van der Waals surface area (Å²) >= 11 is 0. The van der Waals surface area contributed by atoms with Crippen molar-refractivity contribution in [1.82, 2.24) is 10.4 Å². The maximum absolute atomic E-state index is 11.5. The number of nitrogens with zero attached hydrogens (tertiary/aromatic N) is 1. The number of amides is 1. The summed E-state index contributed by atoms with van der Waals surface area (Å²) in [5.74, 6) is 0.744. The van der Waals surface area contributed by atoms with E-state index in [1.54, 1.807) is 0 Å². The number of carbonyl (C=O) groups excluding carboxylic acids is 2. The number of ketones is 1. The van der Waals surface area contributed by atoms with E-state index in [1.807, 2.05) is 0 Å². The fourth-order valence-corrected chi connectivity index (χ4v) is 2.09. The van der Waals surface area contributed by atoms with Gasteiger partial charge in [-0.15, -0.1) is 0 Å². The van der Waals surface area contributed by atoms with E-state index in [0.717, 1.165) is 0 Å². The Morgan fingerprint density at radius 1 is 1.57 bits per heavy atom. The molecule has 1 amide bonds. The normalized spacial score (nSPS) is 27.9. The van der Waals surface area contributed by atoms with Gasteiger partial charge in [0.15, 0.2) is 5.78 Å². The lowest BCUT2D eigenvalue weighted by atomic mass is 9.79. The molecule has 1 atom stereocenters. The summed E-state index contributed by atoms with van der Waals surface area (Å²) in [5.41, 5.74) is 3.14. The second kappa shape index (κ2) is 3.69. The topological polar surface area (TPSA) is 49.4 Å². The molecule has 1 saturated carbocycles. The molecule has 4 nitrogen and oxygen atoms in total. The molecular formula is C10H16N2O2. The minimum atomic E-state index is 0.0279. The van der Waals surface area contributed by atoms with Gasteiger partial charge in [0.1, 0.15) is 0 Å². The zero-order valence-electron chi connectivity index (χ0n) is 8.45. The lowest BCUT2D eigenvalue weighted by molar-refractivity contribution is -0.133. The van der Waals surface area contributed by atoms with Crippen LogP contribution >= 0.6 is 0 Å². The molecule has 2 fully saturated rings. The average Bonchev–Trinajstić information content (AvgIpc) is 2.27. The first kappa shape index (κ1) is 9.65. The Labute approximate surface area is 83.6 Å². The quantitative estimate of drug-likeness (QED) is 0.714. The van der Waals surface area contributed by atoms with E-state index in [4.69, 9.17) is 0 Å². The summed E-state index contributed by atoms with van der Waals surface area (Å²) < 4.78 is 0. The first-order valence-electron chi connectivity index (χ1n) is 5.23. The van der Waals surface area contributed by atoms with Crippen molar-refractivity contribution in [1.29, 1.82) is 0 Å². The van der Waals surface area contributed by atoms with Gasteiger partial charge in [0.25, 0.3) is 0 Å². The van der Waals surface area contributed by atoms with Gasteiger partial charge in [-0.3, -0.25) is 14.6 Å². The summed E-state index contributed by atoms with van der Waals surface area (Å²) in [6.07, 6.45) is 4.29. The lowest BCUT2D eigenvalue weighted by Crippen LogP contribution is -2.43. The van der Waals surface area contributed by atoms with E-state index in [0.29, 0.717) is 12.3 Å². The molecule has 2 rings (SSSR count). The number of rotatable bonds is 3. The van der Waals surface area contributed by atoms with E-state index in [2.05, 4.69) is 5.43 Å². The Balaban J connectivity index is 1.89. The molecule has 1 heterocycles. The molecule has 0 bridgehead atoms. The van der Waals surface area contributed by atoms with Crippen molar-refractivity contribution in [3.05, 3.63) is 0 Å². The highest BCUT2D eigenvalue weighted by atomic mass is 16.2. The number of Topliss-reactive ketones (excluding diaryl/α,β-unsaturated/α-hetero) is 1. The summed E-state index contributed by atoms with van der Waals surface area (Å²) in [4.78, 5) is 22.3. The fraction of sp³-hybridized carbons (Fsp3) is 0.800. The van der Waals surface area contributed by atoms with Gasteiger partial charge in [-0.1, -0.05) is 6.42 Å². The van der Waals surface area contributed by atoms with Crippen molar-refractivity contribution in [3.8, 4) is 0 Å². The van der Waals surface area contributed by atoms with E-state index in [-0.39, 0.29) is 24.3 Å². The number of hydrogen-bond donors (Lipinski definition) is 1. The molecule has 1 saturated heterocycles. The Morgan fingerprint density at radius 2 is 2.29 bits per heavy atom. The Bertz CT molecular complexity index is 261. The van der Waals surface area contributed by atoms with Crippen LogP contribution in [0.5, 0.6) is 0 Å². The predicted molar refractivity (Wildman–Crippen MR) is 51.3 cm³/mol. The number of nitrogens with one attached hydrogen (secondary N) is 1. The summed E-state index contributed by atoms with van der Waals surface area (Å²) in [7, 11) is 0.